The molecule has 30 heavy (non-hydrogen) atoms. The topological polar surface area (TPSA) is 82.4 Å². The molecule has 0 spiro atoms. The number of sulfonamides is 1. The molecule has 0 amide bonds. The summed E-state index contributed by atoms with van der Waals surface area (Å²) in [6.07, 6.45) is 1.34. The molecule has 3 aromatic rings. The highest BCUT2D eigenvalue weighted by molar-refractivity contribution is 7.97. The predicted octanol–water partition coefficient (Wildman–Crippen LogP) is 4.85. The summed E-state index contributed by atoms with van der Waals surface area (Å²) in [6, 6.07) is 24.7. The Labute approximate surface area is 176 Å². The fourth-order valence-corrected chi connectivity index (χ4v) is 3.62. The Morgan fingerprint density at radius 1 is 0.967 bits per heavy atom. The highest BCUT2D eigenvalue weighted by Gasteiger charge is 2.20. The van der Waals surface area contributed by atoms with E-state index in [0.717, 1.165) is 5.69 Å². The molecule has 0 radical (unpaired) electrons. The van der Waals surface area contributed by atoms with Gasteiger partial charge in [-0.05, 0) is 48.0 Å². The van der Waals surface area contributed by atoms with E-state index in [4.69, 9.17) is 4.74 Å². The van der Waals surface area contributed by atoms with E-state index >= 15 is 0 Å². The molecular weight excluding hydrogens is 398 g/mol. The second kappa shape index (κ2) is 9.16. The minimum Gasteiger partial charge on any atom is -0.455 e. The van der Waals surface area contributed by atoms with Gasteiger partial charge in [-0.3, -0.25) is 4.72 Å². The van der Waals surface area contributed by atoms with Crippen LogP contribution in [0.15, 0.2) is 83.8 Å². The van der Waals surface area contributed by atoms with E-state index in [2.05, 4.69) is 4.72 Å². The summed E-state index contributed by atoms with van der Waals surface area (Å²) < 4.78 is 33.9. The van der Waals surface area contributed by atoms with Crippen molar-refractivity contribution in [2.75, 3.05) is 23.7 Å². The second-order valence-corrected chi connectivity index (χ2v) is 8.27. The first-order valence-electron chi connectivity index (χ1n) is 9.13. The van der Waals surface area contributed by atoms with Gasteiger partial charge < -0.3 is 9.64 Å². The molecule has 0 unspecified atom stereocenters. The minimum atomic E-state index is -4.11. The van der Waals surface area contributed by atoms with Gasteiger partial charge in [-0.1, -0.05) is 42.5 Å². The Morgan fingerprint density at radius 3 is 2.23 bits per heavy atom. The summed E-state index contributed by atoms with van der Waals surface area (Å²) in [4.78, 5) is 1.54. The van der Waals surface area contributed by atoms with Crippen LogP contribution in [0.25, 0.3) is 6.08 Å². The Hall–Kier alpha value is -3.76. The van der Waals surface area contributed by atoms with Crippen molar-refractivity contribution in [2.45, 2.75) is 0 Å². The van der Waals surface area contributed by atoms with Gasteiger partial charge in [0.05, 0.1) is 5.69 Å². The molecule has 0 saturated heterocycles. The molecule has 3 rings (SSSR count). The molecule has 6 nitrogen and oxygen atoms in total. The van der Waals surface area contributed by atoms with Crippen LogP contribution >= 0.6 is 0 Å². The molecule has 0 aliphatic rings. The monoisotopic (exact) mass is 419 g/mol. The second-order valence-electron chi connectivity index (χ2n) is 6.62. The zero-order chi connectivity index (χ0) is 21.6. The van der Waals surface area contributed by atoms with Crippen LogP contribution in [0.5, 0.6) is 11.5 Å². The number of rotatable bonds is 7. The van der Waals surface area contributed by atoms with Crippen LogP contribution in [0.2, 0.25) is 0 Å². The molecule has 0 aliphatic heterocycles. The third-order valence-electron chi connectivity index (χ3n) is 4.21. The fraction of sp³-hybridized carbons (Fsp3) is 0.0870. The summed E-state index contributed by atoms with van der Waals surface area (Å²) in [7, 11) is -0.282. The van der Waals surface area contributed by atoms with Crippen LogP contribution in [-0.4, -0.2) is 22.5 Å². The normalized spacial score (nSPS) is 11.4. The highest BCUT2D eigenvalue weighted by Crippen LogP contribution is 2.31. The lowest BCUT2D eigenvalue weighted by molar-refractivity contribution is 0.485. The minimum absolute atomic E-state index is 0.241. The zero-order valence-corrected chi connectivity index (χ0v) is 17.4. The van der Waals surface area contributed by atoms with E-state index in [1.165, 1.54) is 6.08 Å². The maximum atomic E-state index is 12.8. The van der Waals surface area contributed by atoms with Gasteiger partial charge in [0.2, 0.25) is 0 Å². The van der Waals surface area contributed by atoms with Crippen LogP contribution < -0.4 is 14.4 Å². The van der Waals surface area contributed by atoms with Crippen LogP contribution in [0, 0.1) is 11.3 Å². The lowest BCUT2D eigenvalue weighted by Crippen LogP contribution is -2.14. The molecule has 3 aromatic carbocycles. The van der Waals surface area contributed by atoms with E-state index in [1.54, 1.807) is 54.6 Å². The summed E-state index contributed by atoms with van der Waals surface area (Å²) in [5.41, 5.74) is 1.82. The zero-order valence-electron chi connectivity index (χ0n) is 16.6. The van der Waals surface area contributed by atoms with Gasteiger partial charge in [0.25, 0.3) is 10.0 Å². The average molecular weight is 420 g/mol. The average Bonchev–Trinajstić information content (AvgIpc) is 2.74. The number of hydrogen-bond donors (Lipinski definition) is 1. The van der Waals surface area contributed by atoms with Crippen molar-refractivity contribution in [1.82, 2.24) is 0 Å². The quantitative estimate of drug-likeness (QED) is 0.554. The van der Waals surface area contributed by atoms with Crippen molar-refractivity contribution in [1.29, 1.82) is 5.26 Å². The molecular formula is C23H21N3O3S. The Morgan fingerprint density at radius 2 is 1.60 bits per heavy atom. The molecule has 0 fully saturated rings. The highest BCUT2D eigenvalue weighted by atomic mass is 32.2. The SMILES string of the molecule is CN(C)c1ccc(/C=C(/C#N)S(=O)(=O)Nc2ccccc2Oc2ccccc2)cc1. The predicted molar refractivity (Wildman–Crippen MR) is 120 cm³/mol. The number of anilines is 2. The Balaban J connectivity index is 1.87. The Kier molecular flexibility index (Phi) is 6.40. The van der Waals surface area contributed by atoms with Crippen molar-refractivity contribution in [3.05, 3.63) is 89.3 Å². The molecule has 0 aromatic heterocycles. The number of allylic oxidation sites excluding steroid dienone is 1. The fourth-order valence-electron chi connectivity index (χ4n) is 2.65. The first kappa shape index (κ1) is 21.0. The van der Waals surface area contributed by atoms with Crippen molar-refractivity contribution in [3.8, 4) is 17.6 Å². The maximum Gasteiger partial charge on any atom is 0.272 e. The third kappa shape index (κ3) is 5.19. The summed E-state index contributed by atoms with van der Waals surface area (Å²) in [6.45, 7) is 0. The molecule has 7 heteroatoms. The van der Waals surface area contributed by atoms with Gasteiger partial charge in [0.1, 0.15) is 11.8 Å². The number of nitriles is 1. The van der Waals surface area contributed by atoms with E-state index in [0.29, 0.717) is 17.1 Å². The first-order chi connectivity index (χ1) is 14.4. The third-order valence-corrected chi connectivity index (χ3v) is 5.49. The smallest absolute Gasteiger partial charge is 0.272 e. The van der Waals surface area contributed by atoms with Crippen LogP contribution in [0.4, 0.5) is 11.4 Å². The van der Waals surface area contributed by atoms with Crippen molar-refractivity contribution in [2.24, 2.45) is 0 Å². The number of para-hydroxylation sites is 3. The number of ether oxygens (including phenoxy) is 1. The molecule has 152 valence electrons. The number of hydrogen-bond acceptors (Lipinski definition) is 5. The van der Waals surface area contributed by atoms with Crippen LogP contribution in [0.1, 0.15) is 5.56 Å². The number of nitrogens with one attached hydrogen (secondary N) is 1. The summed E-state index contributed by atoms with van der Waals surface area (Å²) in [5.74, 6) is 0.904. The molecule has 0 bridgehead atoms. The van der Waals surface area contributed by atoms with E-state index in [9.17, 15) is 13.7 Å². The number of nitrogens with zero attached hydrogens (tertiary/aromatic N) is 2. The van der Waals surface area contributed by atoms with Gasteiger partial charge in [0.15, 0.2) is 10.7 Å². The van der Waals surface area contributed by atoms with E-state index in [-0.39, 0.29) is 5.69 Å². The van der Waals surface area contributed by atoms with Gasteiger partial charge >= 0.3 is 0 Å². The molecule has 0 heterocycles. The standard InChI is InChI=1S/C23H21N3O3S/c1-26(2)19-14-12-18(13-15-19)16-21(17-24)30(27,28)25-22-10-6-7-11-23(22)29-20-8-4-3-5-9-20/h3-16,25H,1-2H3/b21-16-. The lowest BCUT2D eigenvalue weighted by Gasteiger charge is -2.13. The summed E-state index contributed by atoms with van der Waals surface area (Å²) in [5, 5.41) is 9.47. The van der Waals surface area contributed by atoms with Crippen molar-refractivity contribution >= 4 is 27.5 Å². The lowest BCUT2D eigenvalue weighted by atomic mass is 10.2. The maximum absolute atomic E-state index is 12.8. The van der Waals surface area contributed by atoms with E-state index in [1.807, 2.05) is 49.3 Å². The van der Waals surface area contributed by atoms with Gasteiger partial charge in [-0.25, -0.2) is 8.42 Å². The van der Waals surface area contributed by atoms with Gasteiger partial charge in [-0.15, -0.1) is 0 Å². The van der Waals surface area contributed by atoms with Crippen LogP contribution in [0.3, 0.4) is 0 Å². The summed E-state index contributed by atoms with van der Waals surface area (Å²) >= 11 is 0. The number of benzene rings is 3. The molecule has 0 aliphatic carbocycles. The van der Waals surface area contributed by atoms with Crippen molar-refractivity contribution < 1.29 is 13.2 Å². The van der Waals surface area contributed by atoms with E-state index < -0.39 is 14.9 Å². The van der Waals surface area contributed by atoms with Crippen LogP contribution in [-0.2, 0) is 10.0 Å². The van der Waals surface area contributed by atoms with Crippen molar-refractivity contribution in [3.63, 3.8) is 0 Å². The first-order valence-corrected chi connectivity index (χ1v) is 10.6. The van der Waals surface area contributed by atoms with Gasteiger partial charge in [0, 0.05) is 19.8 Å². The molecule has 1 N–H and O–H groups in total. The Bertz CT molecular complexity index is 1180. The van der Waals surface area contributed by atoms with Gasteiger partial charge in [-0.2, -0.15) is 5.26 Å². The molecule has 0 atom stereocenters. The largest absolute Gasteiger partial charge is 0.455 e. The molecule has 0 saturated carbocycles.